The second-order valence-corrected chi connectivity index (χ2v) is 9.29. The van der Waals surface area contributed by atoms with E-state index in [0.29, 0.717) is 52.3 Å². The Morgan fingerprint density at radius 1 is 1.27 bits per heavy atom. The van der Waals surface area contributed by atoms with Gasteiger partial charge in [0.15, 0.2) is 0 Å². The van der Waals surface area contributed by atoms with Gasteiger partial charge in [-0.3, -0.25) is 4.79 Å². The number of carbonyl (C=O) groups excluding carboxylic acids is 1. The quantitative estimate of drug-likeness (QED) is 0.348. The zero-order valence-corrected chi connectivity index (χ0v) is 21.0. The van der Waals surface area contributed by atoms with Crippen LogP contribution in [0.2, 0.25) is 5.02 Å². The van der Waals surface area contributed by atoms with Gasteiger partial charge in [0.05, 0.1) is 30.0 Å². The largest absolute Gasteiger partial charge is 0.392 e. The average Bonchev–Trinajstić information content (AvgIpc) is 3.49. The Morgan fingerprint density at radius 3 is 2.84 bits per heavy atom. The number of anilines is 2. The number of pyridine rings is 1. The number of aliphatic hydroxyl groups excluding tert-OH is 1. The van der Waals surface area contributed by atoms with Crippen molar-refractivity contribution >= 4 is 29.2 Å². The Balaban J connectivity index is 1.47. The minimum absolute atomic E-state index is 0.141. The van der Waals surface area contributed by atoms with E-state index in [1.54, 1.807) is 30.2 Å². The summed E-state index contributed by atoms with van der Waals surface area (Å²) in [6.07, 6.45) is 3.40. The van der Waals surface area contributed by atoms with E-state index in [9.17, 15) is 14.3 Å². The molecule has 192 valence electrons. The van der Waals surface area contributed by atoms with Crippen LogP contribution < -0.4 is 5.32 Å². The van der Waals surface area contributed by atoms with Crippen molar-refractivity contribution in [2.45, 2.75) is 32.7 Å². The number of amides is 1. The molecule has 1 atom stereocenters. The van der Waals surface area contributed by atoms with Crippen molar-refractivity contribution < 1.29 is 23.6 Å². The number of nitrogens with zero attached hydrogens (tertiary/aromatic N) is 4. The van der Waals surface area contributed by atoms with Crippen LogP contribution in [0.4, 0.5) is 16.1 Å². The number of benzene rings is 1. The summed E-state index contributed by atoms with van der Waals surface area (Å²) in [4.78, 5) is 19.6. The molecule has 4 aromatic rings. The molecule has 1 aliphatic rings. The number of ether oxygens (including phenoxy) is 1. The molecule has 1 aromatic carbocycles. The number of methoxy groups -OCH3 is 1. The van der Waals surface area contributed by atoms with Crippen LogP contribution >= 0.6 is 11.6 Å². The number of nitrogens with one attached hydrogen (secondary N) is 1. The molecule has 11 heteroatoms. The van der Waals surface area contributed by atoms with Crippen LogP contribution in [0.5, 0.6) is 0 Å². The molecule has 3 aromatic heterocycles. The minimum atomic E-state index is -0.428. The highest BCUT2D eigenvalue weighted by molar-refractivity contribution is 6.33. The van der Waals surface area contributed by atoms with Crippen LogP contribution in [0, 0.1) is 12.7 Å². The number of halogens is 2. The van der Waals surface area contributed by atoms with Gasteiger partial charge in [-0.1, -0.05) is 22.8 Å². The average molecular weight is 526 g/mol. The van der Waals surface area contributed by atoms with Gasteiger partial charge in [-0.05, 0) is 42.3 Å². The molecule has 0 radical (unpaired) electrons. The zero-order chi connectivity index (χ0) is 26.1. The first-order valence-corrected chi connectivity index (χ1v) is 12.0. The maximum Gasteiger partial charge on any atom is 0.271 e. The van der Waals surface area contributed by atoms with E-state index in [0.717, 1.165) is 11.3 Å². The molecular formula is C26H25ClFN5O4. The monoisotopic (exact) mass is 525 g/mol. The Morgan fingerprint density at radius 2 is 2.11 bits per heavy atom. The Labute approximate surface area is 217 Å². The Hall–Kier alpha value is -3.73. The summed E-state index contributed by atoms with van der Waals surface area (Å²) in [6, 6.07) is 9.18. The molecule has 5 rings (SSSR count). The minimum Gasteiger partial charge on any atom is -0.392 e. The van der Waals surface area contributed by atoms with E-state index in [-0.39, 0.29) is 25.1 Å². The van der Waals surface area contributed by atoms with Crippen LogP contribution in [0.3, 0.4) is 0 Å². The Bertz CT molecular complexity index is 1450. The van der Waals surface area contributed by atoms with Gasteiger partial charge in [-0.2, -0.15) is 0 Å². The van der Waals surface area contributed by atoms with E-state index in [1.807, 2.05) is 17.7 Å². The molecule has 0 fully saturated rings. The molecule has 2 N–H and O–H groups in total. The molecule has 0 unspecified atom stereocenters. The molecule has 0 saturated heterocycles. The Kier molecular flexibility index (Phi) is 6.96. The summed E-state index contributed by atoms with van der Waals surface area (Å²) in [7, 11) is 1.57. The van der Waals surface area contributed by atoms with Gasteiger partial charge >= 0.3 is 0 Å². The van der Waals surface area contributed by atoms with Gasteiger partial charge in [-0.15, -0.1) is 0 Å². The second kappa shape index (κ2) is 10.3. The van der Waals surface area contributed by atoms with E-state index < -0.39 is 5.82 Å². The van der Waals surface area contributed by atoms with Gasteiger partial charge in [0.25, 0.3) is 5.91 Å². The lowest BCUT2D eigenvalue weighted by Gasteiger charge is -2.36. The van der Waals surface area contributed by atoms with Crippen LogP contribution in [0.25, 0.3) is 11.1 Å². The maximum atomic E-state index is 14.0. The van der Waals surface area contributed by atoms with Crippen molar-refractivity contribution in [1.29, 1.82) is 0 Å². The highest BCUT2D eigenvalue weighted by Gasteiger charge is 2.34. The molecule has 0 saturated carbocycles. The molecule has 37 heavy (non-hydrogen) atoms. The third-order valence-corrected chi connectivity index (χ3v) is 6.61. The standard InChI is InChI=1S/C26H25ClFN5O4/c1-15-5-25(37-31-15)30-24-8-21(22(27)9-29-24)18-7-23-26(35)33(20(14-36-2)12-32(23)10-18)11-17-6-19(28)4-3-16(17)13-34/h3-10,20,34H,11-14H2,1-2H3,(H,29,30)/t20-/m1/s1. The van der Waals surface area contributed by atoms with Gasteiger partial charge in [-0.25, -0.2) is 9.37 Å². The number of rotatable bonds is 8. The van der Waals surface area contributed by atoms with Gasteiger partial charge < -0.3 is 29.2 Å². The number of aryl methyl sites for hydroxylation is 1. The van der Waals surface area contributed by atoms with Gasteiger partial charge in [0.1, 0.15) is 17.3 Å². The summed E-state index contributed by atoms with van der Waals surface area (Å²) in [5, 5.41) is 17.1. The molecule has 0 aliphatic carbocycles. The summed E-state index contributed by atoms with van der Waals surface area (Å²) in [6.45, 7) is 2.48. The predicted molar refractivity (Wildman–Crippen MR) is 135 cm³/mol. The molecular weight excluding hydrogens is 501 g/mol. The fraction of sp³-hybridized carbons (Fsp3) is 0.269. The zero-order valence-electron chi connectivity index (χ0n) is 20.2. The molecule has 9 nitrogen and oxygen atoms in total. The first-order chi connectivity index (χ1) is 17.9. The normalized spacial score (nSPS) is 15.2. The van der Waals surface area contributed by atoms with Crippen LogP contribution in [-0.2, 0) is 24.4 Å². The summed E-state index contributed by atoms with van der Waals surface area (Å²) >= 11 is 6.49. The molecule has 4 heterocycles. The van der Waals surface area contributed by atoms with Crippen LogP contribution in [-0.4, -0.2) is 50.4 Å². The smallest absolute Gasteiger partial charge is 0.271 e. The molecule has 1 aliphatic heterocycles. The number of carbonyl (C=O) groups is 1. The molecule has 1 amide bonds. The summed E-state index contributed by atoms with van der Waals surface area (Å²) in [5.41, 5.74) is 3.75. The fourth-order valence-electron chi connectivity index (χ4n) is 4.52. The van der Waals surface area contributed by atoms with Crippen molar-refractivity contribution in [3.8, 4) is 11.1 Å². The van der Waals surface area contributed by atoms with E-state index >= 15 is 0 Å². The number of hydrogen-bond acceptors (Lipinski definition) is 7. The lowest BCUT2D eigenvalue weighted by atomic mass is 10.0. The molecule has 0 bridgehead atoms. The lowest BCUT2D eigenvalue weighted by Crippen LogP contribution is -2.49. The lowest BCUT2D eigenvalue weighted by molar-refractivity contribution is 0.0386. The SMILES string of the molecule is COC[C@H]1Cn2cc(-c3cc(Nc4cc(C)no4)ncc3Cl)cc2C(=O)N1Cc1cc(F)ccc1CO. The number of hydrogen-bond donors (Lipinski definition) is 2. The first-order valence-electron chi connectivity index (χ1n) is 11.6. The topological polar surface area (TPSA) is 106 Å². The van der Waals surface area contributed by atoms with Gasteiger partial charge in [0.2, 0.25) is 5.88 Å². The van der Waals surface area contributed by atoms with Crippen LogP contribution in [0.1, 0.15) is 27.3 Å². The van der Waals surface area contributed by atoms with E-state index in [2.05, 4.69) is 15.5 Å². The van der Waals surface area contributed by atoms with Crippen molar-refractivity contribution in [3.05, 3.63) is 82.1 Å². The van der Waals surface area contributed by atoms with Crippen molar-refractivity contribution in [3.63, 3.8) is 0 Å². The van der Waals surface area contributed by atoms with Crippen molar-refractivity contribution in [2.75, 3.05) is 19.0 Å². The highest BCUT2D eigenvalue weighted by Crippen LogP contribution is 2.34. The predicted octanol–water partition coefficient (Wildman–Crippen LogP) is 4.55. The van der Waals surface area contributed by atoms with Crippen molar-refractivity contribution in [1.82, 2.24) is 19.6 Å². The second-order valence-electron chi connectivity index (χ2n) is 8.89. The maximum absolute atomic E-state index is 14.0. The number of fused-ring (bicyclic) bond motifs is 1. The summed E-state index contributed by atoms with van der Waals surface area (Å²) < 4.78 is 26.4. The number of aliphatic hydroxyl groups is 1. The van der Waals surface area contributed by atoms with E-state index in [1.165, 1.54) is 24.4 Å². The third-order valence-electron chi connectivity index (χ3n) is 6.31. The molecule has 0 spiro atoms. The fourth-order valence-corrected chi connectivity index (χ4v) is 4.73. The third kappa shape index (κ3) is 5.08. The van der Waals surface area contributed by atoms with Gasteiger partial charge in [0, 0.05) is 49.8 Å². The number of aromatic nitrogens is 3. The van der Waals surface area contributed by atoms with Crippen molar-refractivity contribution in [2.24, 2.45) is 0 Å². The first kappa shape index (κ1) is 24.9. The highest BCUT2D eigenvalue weighted by atomic mass is 35.5. The van der Waals surface area contributed by atoms with Crippen LogP contribution in [0.15, 0.2) is 53.3 Å². The van der Waals surface area contributed by atoms with E-state index in [4.69, 9.17) is 20.9 Å². The summed E-state index contributed by atoms with van der Waals surface area (Å²) in [5.74, 6) is 0.297.